The zero-order valence-corrected chi connectivity index (χ0v) is 17.7. The first kappa shape index (κ1) is 20.3. The summed E-state index contributed by atoms with van der Waals surface area (Å²) in [6.07, 6.45) is 4.84. The molecule has 162 valence electrons. The van der Waals surface area contributed by atoms with Crippen LogP contribution in [0.2, 0.25) is 0 Å². The Morgan fingerprint density at radius 1 is 0.844 bits per heavy atom. The quantitative estimate of drug-likeness (QED) is 0.338. The molecule has 0 bridgehead atoms. The second-order valence-corrected chi connectivity index (χ2v) is 8.62. The van der Waals surface area contributed by atoms with Gasteiger partial charge in [-0.3, -0.25) is 9.59 Å². The van der Waals surface area contributed by atoms with Crippen molar-refractivity contribution in [2.75, 3.05) is 0 Å². The zero-order valence-electron chi connectivity index (χ0n) is 17.7. The van der Waals surface area contributed by atoms with Gasteiger partial charge in [-0.1, -0.05) is 73.9 Å². The third kappa shape index (κ3) is 3.34. The van der Waals surface area contributed by atoms with Crippen molar-refractivity contribution in [2.45, 2.75) is 44.2 Å². The standard InChI is InChI=1S/C27H25NO4/c29-20-15-13-18(14-16-20)24-23(26(31)27(32)28(24)19-9-2-1-3-10-19)25(30)22-12-6-8-17-7-4-5-11-21(17)22/h4-8,11-16,19,24,29-30H,1-3,9-10H2/b25-23-. The molecule has 1 unspecified atom stereocenters. The number of Topliss-reactive ketones (excluding diaryl/α,β-unsaturated/α-hetero) is 1. The number of carbonyl (C=O) groups is 2. The summed E-state index contributed by atoms with van der Waals surface area (Å²) < 4.78 is 0. The summed E-state index contributed by atoms with van der Waals surface area (Å²) in [5.41, 5.74) is 1.35. The van der Waals surface area contributed by atoms with Crippen molar-refractivity contribution in [3.8, 4) is 5.75 Å². The number of fused-ring (bicyclic) bond motifs is 1. The van der Waals surface area contributed by atoms with E-state index < -0.39 is 17.7 Å². The number of hydrogen-bond donors (Lipinski definition) is 2. The molecule has 2 aliphatic rings. The van der Waals surface area contributed by atoms with Crippen LogP contribution in [0.5, 0.6) is 5.75 Å². The number of likely N-dealkylation sites (tertiary alicyclic amines) is 1. The Morgan fingerprint density at radius 3 is 2.28 bits per heavy atom. The van der Waals surface area contributed by atoms with E-state index in [0.29, 0.717) is 11.1 Å². The second-order valence-electron chi connectivity index (χ2n) is 8.62. The molecule has 0 aromatic heterocycles. The smallest absolute Gasteiger partial charge is 0.295 e. The second kappa shape index (κ2) is 8.15. The highest BCUT2D eigenvalue weighted by molar-refractivity contribution is 6.46. The molecule has 0 radical (unpaired) electrons. The summed E-state index contributed by atoms with van der Waals surface area (Å²) in [5.74, 6) is -1.26. The maximum absolute atomic E-state index is 13.3. The van der Waals surface area contributed by atoms with Gasteiger partial charge in [-0.05, 0) is 41.3 Å². The minimum atomic E-state index is -0.683. The lowest BCUT2D eigenvalue weighted by atomic mass is 9.90. The van der Waals surface area contributed by atoms with Crippen molar-refractivity contribution >= 4 is 28.2 Å². The van der Waals surface area contributed by atoms with Crippen LogP contribution >= 0.6 is 0 Å². The molecule has 5 rings (SSSR count). The van der Waals surface area contributed by atoms with E-state index in [1.54, 1.807) is 35.2 Å². The molecule has 1 amide bonds. The van der Waals surface area contributed by atoms with E-state index in [2.05, 4.69) is 0 Å². The number of phenolic OH excluding ortho intramolecular Hbond substituents is 1. The number of aliphatic hydroxyl groups is 1. The number of amides is 1. The highest BCUT2D eigenvalue weighted by Crippen LogP contribution is 2.43. The first-order valence-corrected chi connectivity index (χ1v) is 11.1. The van der Waals surface area contributed by atoms with Crippen LogP contribution in [-0.4, -0.2) is 32.8 Å². The van der Waals surface area contributed by atoms with E-state index in [-0.39, 0.29) is 23.1 Å². The molecule has 5 nitrogen and oxygen atoms in total. The molecule has 1 atom stereocenters. The Hall–Kier alpha value is -3.60. The van der Waals surface area contributed by atoms with E-state index in [4.69, 9.17) is 0 Å². The SMILES string of the molecule is O=C1C(=O)N(C2CCCCC2)C(c2ccc(O)cc2)/C1=C(/O)c1cccc2ccccc12. The molecule has 1 saturated carbocycles. The van der Waals surface area contributed by atoms with Gasteiger partial charge in [-0.2, -0.15) is 0 Å². The van der Waals surface area contributed by atoms with Crippen LogP contribution in [-0.2, 0) is 9.59 Å². The fourth-order valence-corrected chi connectivity index (χ4v) is 5.15. The van der Waals surface area contributed by atoms with Gasteiger partial charge in [-0.15, -0.1) is 0 Å². The van der Waals surface area contributed by atoms with Gasteiger partial charge in [0.25, 0.3) is 11.7 Å². The Kier molecular flexibility index (Phi) is 5.17. The van der Waals surface area contributed by atoms with Crippen LogP contribution < -0.4 is 0 Å². The van der Waals surface area contributed by atoms with E-state index in [9.17, 15) is 19.8 Å². The van der Waals surface area contributed by atoms with Crippen LogP contribution in [0.1, 0.15) is 49.3 Å². The van der Waals surface area contributed by atoms with Crippen molar-refractivity contribution < 1.29 is 19.8 Å². The summed E-state index contributed by atoms with van der Waals surface area (Å²) >= 11 is 0. The highest BCUT2D eigenvalue weighted by atomic mass is 16.3. The fraction of sp³-hybridized carbons (Fsp3) is 0.259. The number of hydrogen-bond acceptors (Lipinski definition) is 4. The van der Waals surface area contributed by atoms with Gasteiger partial charge in [-0.25, -0.2) is 0 Å². The van der Waals surface area contributed by atoms with Crippen LogP contribution in [0.25, 0.3) is 16.5 Å². The monoisotopic (exact) mass is 427 g/mol. The highest BCUT2D eigenvalue weighted by Gasteiger charge is 2.48. The molecule has 3 aromatic rings. The van der Waals surface area contributed by atoms with Gasteiger partial charge >= 0.3 is 0 Å². The Bertz CT molecular complexity index is 1220. The summed E-state index contributed by atoms with van der Waals surface area (Å²) in [6, 6.07) is 19.0. The number of phenols is 1. The first-order chi connectivity index (χ1) is 15.6. The fourth-order valence-electron chi connectivity index (χ4n) is 5.15. The molecule has 1 aliphatic heterocycles. The topological polar surface area (TPSA) is 77.8 Å². The number of aromatic hydroxyl groups is 1. The average molecular weight is 428 g/mol. The van der Waals surface area contributed by atoms with Crippen molar-refractivity contribution in [3.63, 3.8) is 0 Å². The summed E-state index contributed by atoms with van der Waals surface area (Å²) in [7, 11) is 0. The molecule has 32 heavy (non-hydrogen) atoms. The van der Waals surface area contributed by atoms with Crippen molar-refractivity contribution in [2.24, 2.45) is 0 Å². The molecule has 1 saturated heterocycles. The number of benzene rings is 3. The van der Waals surface area contributed by atoms with Crippen molar-refractivity contribution in [3.05, 3.63) is 83.4 Å². The van der Waals surface area contributed by atoms with E-state index >= 15 is 0 Å². The van der Waals surface area contributed by atoms with Crippen LogP contribution in [0.3, 0.4) is 0 Å². The molecular formula is C27H25NO4. The van der Waals surface area contributed by atoms with Gasteiger partial charge < -0.3 is 15.1 Å². The molecular weight excluding hydrogens is 402 g/mol. The Morgan fingerprint density at radius 2 is 1.53 bits per heavy atom. The molecule has 0 spiro atoms. The minimum absolute atomic E-state index is 0.0446. The number of carbonyl (C=O) groups excluding carboxylic acids is 2. The summed E-state index contributed by atoms with van der Waals surface area (Å²) in [5, 5.41) is 23.0. The zero-order chi connectivity index (χ0) is 22.2. The van der Waals surface area contributed by atoms with E-state index in [1.807, 2.05) is 36.4 Å². The maximum atomic E-state index is 13.3. The molecule has 2 fully saturated rings. The largest absolute Gasteiger partial charge is 0.508 e. The lowest BCUT2D eigenvalue weighted by Gasteiger charge is -2.35. The van der Waals surface area contributed by atoms with Gasteiger partial charge in [0.15, 0.2) is 0 Å². The van der Waals surface area contributed by atoms with Crippen LogP contribution in [0, 0.1) is 0 Å². The summed E-state index contributed by atoms with van der Waals surface area (Å²) in [6.45, 7) is 0. The van der Waals surface area contributed by atoms with Gasteiger partial charge in [0.2, 0.25) is 0 Å². The third-order valence-electron chi connectivity index (χ3n) is 6.70. The van der Waals surface area contributed by atoms with E-state index in [0.717, 1.165) is 42.9 Å². The molecule has 2 N–H and O–H groups in total. The van der Waals surface area contributed by atoms with E-state index in [1.165, 1.54) is 0 Å². The van der Waals surface area contributed by atoms with Crippen LogP contribution in [0.4, 0.5) is 0 Å². The lowest BCUT2D eigenvalue weighted by molar-refractivity contribution is -0.141. The van der Waals surface area contributed by atoms with Gasteiger partial charge in [0.1, 0.15) is 11.5 Å². The third-order valence-corrected chi connectivity index (χ3v) is 6.70. The Labute approximate surface area is 186 Å². The number of ketones is 1. The Balaban J connectivity index is 1.72. The lowest BCUT2D eigenvalue weighted by Crippen LogP contribution is -2.40. The number of aliphatic hydroxyl groups excluding tert-OH is 1. The normalized spacial score (nSPS) is 21.4. The molecule has 1 heterocycles. The molecule has 1 aliphatic carbocycles. The molecule has 5 heteroatoms. The maximum Gasteiger partial charge on any atom is 0.295 e. The minimum Gasteiger partial charge on any atom is -0.508 e. The number of nitrogens with zero attached hydrogens (tertiary/aromatic N) is 1. The van der Waals surface area contributed by atoms with Crippen molar-refractivity contribution in [1.29, 1.82) is 0 Å². The molecule has 3 aromatic carbocycles. The van der Waals surface area contributed by atoms with Gasteiger partial charge in [0.05, 0.1) is 11.6 Å². The average Bonchev–Trinajstić information content (AvgIpc) is 3.09. The predicted molar refractivity (Wildman–Crippen MR) is 123 cm³/mol. The van der Waals surface area contributed by atoms with Gasteiger partial charge in [0, 0.05) is 11.6 Å². The van der Waals surface area contributed by atoms with Crippen molar-refractivity contribution in [1.82, 2.24) is 4.90 Å². The number of rotatable bonds is 3. The first-order valence-electron chi connectivity index (χ1n) is 11.1. The predicted octanol–water partition coefficient (Wildman–Crippen LogP) is 5.30. The summed E-state index contributed by atoms with van der Waals surface area (Å²) in [4.78, 5) is 28.2. The van der Waals surface area contributed by atoms with Crippen LogP contribution in [0.15, 0.2) is 72.3 Å².